The number of aromatic amines is 1. The number of nitrogens with one attached hydrogen (secondary N) is 1. The number of aromatic nitrogens is 3. The third kappa shape index (κ3) is 2.76. The molecule has 1 N–H and O–H groups in total. The van der Waals surface area contributed by atoms with Crippen LogP contribution in [0.2, 0.25) is 0 Å². The Morgan fingerprint density at radius 1 is 0.857 bits per heavy atom. The van der Waals surface area contributed by atoms with E-state index in [4.69, 9.17) is 0 Å². The van der Waals surface area contributed by atoms with Crippen molar-refractivity contribution in [3.8, 4) is 22.4 Å². The molecule has 0 spiro atoms. The second-order valence-electron chi connectivity index (χ2n) is 7.55. The van der Waals surface area contributed by atoms with Crippen LogP contribution < -0.4 is 5.56 Å². The average Bonchev–Trinajstić information content (AvgIpc) is 3.12. The molecule has 0 unspecified atom stereocenters. The summed E-state index contributed by atoms with van der Waals surface area (Å²) in [7, 11) is 0. The standard InChI is InChI=1S/C24H23N3O/c28-24-21-20(17-10-4-1-5-11-17)22(18-12-6-2-7-13-18)27(23(21)25-16-26-24)19-14-8-3-9-15-19/h1-2,4-7,10-13,16,19H,3,8-9,14-15H2,(H,25,26,28). The highest BCUT2D eigenvalue weighted by atomic mass is 16.1. The molecule has 0 bridgehead atoms. The van der Waals surface area contributed by atoms with Crippen LogP contribution in [-0.2, 0) is 0 Å². The molecule has 1 fully saturated rings. The van der Waals surface area contributed by atoms with Crippen LogP contribution in [0.5, 0.6) is 0 Å². The summed E-state index contributed by atoms with van der Waals surface area (Å²) < 4.78 is 2.35. The Morgan fingerprint density at radius 3 is 2.18 bits per heavy atom. The minimum absolute atomic E-state index is 0.0735. The van der Waals surface area contributed by atoms with Crippen molar-refractivity contribution in [2.75, 3.05) is 0 Å². The Balaban J connectivity index is 1.92. The van der Waals surface area contributed by atoms with Gasteiger partial charge >= 0.3 is 0 Å². The molecule has 1 saturated carbocycles. The van der Waals surface area contributed by atoms with Gasteiger partial charge in [-0.05, 0) is 24.0 Å². The van der Waals surface area contributed by atoms with Gasteiger partial charge in [-0.3, -0.25) is 4.79 Å². The van der Waals surface area contributed by atoms with Gasteiger partial charge in [0.1, 0.15) is 5.65 Å². The zero-order valence-corrected chi connectivity index (χ0v) is 15.8. The normalized spacial score (nSPS) is 15.1. The number of hydrogen-bond donors (Lipinski definition) is 1. The SMILES string of the molecule is O=c1[nH]cnc2c1c(-c1ccccc1)c(-c1ccccc1)n2C1CCCCC1. The minimum atomic E-state index is -0.0735. The molecule has 0 saturated heterocycles. The molecule has 0 radical (unpaired) electrons. The number of benzene rings is 2. The predicted molar refractivity (Wildman–Crippen MR) is 113 cm³/mol. The van der Waals surface area contributed by atoms with E-state index < -0.39 is 0 Å². The van der Waals surface area contributed by atoms with E-state index in [1.807, 2.05) is 24.3 Å². The van der Waals surface area contributed by atoms with Gasteiger partial charge in [-0.2, -0.15) is 0 Å². The van der Waals surface area contributed by atoms with Gasteiger partial charge in [-0.15, -0.1) is 0 Å². The number of H-pyrrole nitrogens is 1. The van der Waals surface area contributed by atoms with Gasteiger partial charge in [-0.1, -0.05) is 79.9 Å². The lowest BCUT2D eigenvalue weighted by molar-refractivity contribution is 0.362. The summed E-state index contributed by atoms with van der Waals surface area (Å²) in [5.41, 5.74) is 5.01. The van der Waals surface area contributed by atoms with Crippen LogP contribution in [0.1, 0.15) is 38.1 Å². The van der Waals surface area contributed by atoms with E-state index in [2.05, 4.69) is 50.9 Å². The summed E-state index contributed by atoms with van der Waals surface area (Å²) in [6, 6.07) is 21.0. The van der Waals surface area contributed by atoms with E-state index >= 15 is 0 Å². The maximum Gasteiger partial charge on any atom is 0.260 e. The fraction of sp³-hybridized carbons (Fsp3) is 0.250. The smallest absolute Gasteiger partial charge is 0.260 e. The van der Waals surface area contributed by atoms with Crippen LogP contribution in [0, 0.1) is 0 Å². The quantitative estimate of drug-likeness (QED) is 0.514. The van der Waals surface area contributed by atoms with Gasteiger partial charge in [0.25, 0.3) is 5.56 Å². The Morgan fingerprint density at radius 2 is 1.50 bits per heavy atom. The number of nitrogens with zero attached hydrogens (tertiary/aromatic N) is 2. The second-order valence-corrected chi connectivity index (χ2v) is 7.55. The highest BCUT2D eigenvalue weighted by molar-refractivity contribution is 6.02. The van der Waals surface area contributed by atoms with Crippen LogP contribution in [-0.4, -0.2) is 14.5 Å². The molecular weight excluding hydrogens is 346 g/mol. The van der Waals surface area contributed by atoms with E-state index in [-0.39, 0.29) is 5.56 Å². The summed E-state index contributed by atoms with van der Waals surface area (Å²) in [6.45, 7) is 0. The van der Waals surface area contributed by atoms with Crippen LogP contribution in [0.4, 0.5) is 0 Å². The first kappa shape index (κ1) is 17.0. The number of rotatable bonds is 3. The Labute approximate surface area is 163 Å². The maximum absolute atomic E-state index is 12.9. The molecule has 2 heterocycles. The van der Waals surface area contributed by atoms with E-state index in [0.717, 1.165) is 40.9 Å². The lowest BCUT2D eigenvalue weighted by Crippen LogP contribution is -2.15. The lowest BCUT2D eigenvalue weighted by atomic mass is 9.94. The van der Waals surface area contributed by atoms with Crippen molar-refractivity contribution >= 4 is 11.0 Å². The van der Waals surface area contributed by atoms with Gasteiger partial charge in [-0.25, -0.2) is 4.98 Å². The molecule has 4 heteroatoms. The molecule has 0 atom stereocenters. The molecule has 1 aliphatic rings. The van der Waals surface area contributed by atoms with Crippen molar-refractivity contribution in [2.24, 2.45) is 0 Å². The van der Waals surface area contributed by atoms with E-state index in [0.29, 0.717) is 11.4 Å². The van der Waals surface area contributed by atoms with Gasteiger partial charge in [0.05, 0.1) is 17.4 Å². The van der Waals surface area contributed by atoms with E-state index in [1.165, 1.54) is 25.6 Å². The van der Waals surface area contributed by atoms with Crippen molar-refractivity contribution in [3.05, 3.63) is 77.3 Å². The first-order valence-electron chi connectivity index (χ1n) is 10.1. The van der Waals surface area contributed by atoms with Crippen molar-refractivity contribution in [3.63, 3.8) is 0 Å². The Kier molecular flexibility index (Phi) is 4.32. The summed E-state index contributed by atoms with van der Waals surface area (Å²) in [5.74, 6) is 0. The molecule has 140 valence electrons. The topological polar surface area (TPSA) is 50.7 Å². The molecule has 4 nitrogen and oxygen atoms in total. The van der Waals surface area contributed by atoms with Gasteiger partial charge < -0.3 is 9.55 Å². The van der Waals surface area contributed by atoms with Crippen molar-refractivity contribution in [1.82, 2.24) is 14.5 Å². The highest BCUT2D eigenvalue weighted by Gasteiger charge is 2.27. The number of fused-ring (bicyclic) bond motifs is 1. The van der Waals surface area contributed by atoms with Gasteiger partial charge in [0, 0.05) is 11.6 Å². The Bertz CT molecular complexity index is 1150. The van der Waals surface area contributed by atoms with Crippen LogP contribution in [0.25, 0.3) is 33.4 Å². The summed E-state index contributed by atoms with van der Waals surface area (Å²) in [6.07, 6.45) is 7.53. The summed E-state index contributed by atoms with van der Waals surface area (Å²) in [4.78, 5) is 20.4. The zero-order chi connectivity index (χ0) is 18.9. The number of hydrogen-bond acceptors (Lipinski definition) is 2. The molecule has 2 aromatic heterocycles. The van der Waals surface area contributed by atoms with Crippen LogP contribution in [0.3, 0.4) is 0 Å². The first-order valence-corrected chi connectivity index (χ1v) is 10.1. The summed E-state index contributed by atoms with van der Waals surface area (Å²) >= 11 is 0. The first-order chi connectivity index (χ1) is 13.8. The van der Waals surface area contributed by atoms with E-state index in [9.17, 15) is 4.79 Å². The van der Waals surface area contributed by atoms with Gasteiger partial charge in [0.15, 0.2) is 0 Å². The molecule has 4 aromatic rings. The minimum Gasteiger partial charge on any atom is -0.321 e. The zero-order valence-electron chi connectivity index (χ0n) is 15.8. The molecule has 28 heavy (non-hydrogen) atoms. The van der Waals surface area contributed by atoms with Crippen molar-refractivity contribution < 1.29 is 0 Å². The van der Waals surface area contributed by atoms with Crippen LogP contribution >= 0.6 is 0 Å². The Hall–Kier alpha value is -3.14. The molecule has 0 amide bonds. The molecular formula is C24H23N3O. The molecule has 1 aliphatic carbocycles. The average molecular weight is 369 g/mol. The second kappa shape index (κ2) is 7.12. The van der Waals surface area contributed by atoms with Crippen molar-refractivity contribution in [1.29, 1.82) is 0 Å². The maximum atomic E-state index is 12.9. The third-order valence-electron chi connectivity index (χ3n) is 5.84. The monoisotopic (exact) mass is 369 g/mol. The van der Waals surface area contributed by atoms with Gasteiger partial charge in [0.2, 0.25) is 0 Å². The third-order valence-corrected chi connectivity index (χ3v) is 5.84. The highest BCUT2D eigenvalue weighted by Crippen LogP contribution is 2.43. The fourth-order valence-electron chi connectivity index (χ4n) is 4.60. The predicted octanol–water partition coefficient (Wildman–Crippen LogP) is 5.56. The largest absolute Gasteiger partial charge is 0.321 e. The summed E-state index contributed by atoms with van der Waals surface area (Å²) in [5, 5.41) is 0.693. The van der Waals surface area contributed by atoms with Crippen LogP contribution in [0.15, 0.2) is 71.8 Å². The molecule has 0 aliphatic heterocycles. The fourth-order valence-corrected chi connectivity index (χ4v) is 4.60. The molecule has 5 rings (SSSR count). The molecule has 2 aromatic carbocycles. The lowest BCUT2D eigenvalue weighted by Gasteiger charge is -2.26. The van der Waals surface area contributed by atoms with E-state index in [1.54, 1.807) is 0 Å². The van der Waals surface area contributed by atoms with Crippen molar-refractivity contribution in [2.45, 2.75) is 38.1 Å².